The van der Waals surface area contributed by atoms with Crippen molar-refractivity contribution in [3.8, 4) is 0 Å². The number of anilines is 2. The van der Waals surface area contributed by atoms with Gasteiger partial charge in [-0.3, -0.25) is 0 Å². The summed E-state index contributed by atoms with van der Waals surface area (Å²) in [5.74, 6) is 2.97. The largest absolute Gasteiger partial charge is 0.384 e. The van der Waals surface area contributed by atoms with Gasteiger partial charge in [0.2, 0.25) is 0 Å². The molecular formula is C13H22N4. The third kappa shape index (κ3) is 3.08. The van der Waals surface area contributed by atoms with Gasteiger partial charge in [-0.15, -0.1) is 0 Å². The maximum Gasteiger partial charge on any atom is 0.132 e. The molecule has 0 radical (unpaired) electrons. The predicted molar refractivity (Wildman–Crippen MR) is 70.9 cm³/mol. The average Bonchev–Trinajstić information content (AvgIpc) is 2.31. The van der Waals surface area contributed by atoms with E-state index >= 15 is 0 Å². The van der Waals surface area contributed by atoms with Crippen molar-refractivity contribution < 1.29 is 0 Å². The van der Waals surface area contributed by atoms with Crippen LogP contribution in [0.15, 0.2) is 6.07 Å². The highest BCUT2D eigenvalue weighted by Crippen LogP contribution is 2.26. The Morgan fingerprint density at radius 1 is 1.35 bits per heavy atom. The van der Waals surface area contributed by atoms with Gasteiger partial charge in [0, 0.05) is 18.5 Å². The van der Waals surface area contributed by atoms with Gasteiger partial charge in [0.1, 0.15) is 17.5 Å². The fraction of sp³-hybridized carbons (Fsp3) is 0.692. The van der Waals surface area contributed by atoms with Crippen LogP contribution in [0.3, 0.4) is 0 Å². The zero-order valence-electron chi connectivity index (χ0n) is 10.7. The van der Waals surface area contributed by atoms with E-state index in [-0.39, 0.29) is 0 Å². The van der Waals surface area contributed by atoms with Crippen LogP contribution < -0.4 is 11.1 Å². The highest BCUT2D eigenvalue weighted by atomic mass is 15.1. The molecule has 1 fully saturated rings. The van der Waals surface area contributed by atoms with Crippen LogP contribution in [0.25, 0.3) is 0 Å². The molecule has 1 aromatic heterocycles. The SMILES string of the molecule is CCc1nc(N)cc(NC2CCCCC2C)n1. The van der Waals surface area contributed by atoms with Crippen molar-refractivity contribution in [2.75, 3.05) is 11.1 Å². The summed E-state index contributed by atoms with van der Waals surface area (Å²) in [6, 6.07) is 2.36. The zero-order valence-corrected chi connectivity index (χ0v) is 10.7. The number of nitrogens with two attached hydrogens (primary N) is 1. The number of hydrogen-bond acceptors (Lipinski definition) is 4. The van der Waals surface area contributed by atoms with E-state index in [1.807, 2.05) is 13.0 Å². The summed E-state index contributed by atoms with van der Waals surface area (Å²) in [7, 11) is 0. The highest BCUT2D eigenvalue weighted by molar-refractivity contribution is 5.45. The number of aryl methyl sites for hydroxylation is 1. The Morgan fingerprint density at radius 3 is 2.82 bits per heavy atom. The number of nitrogens with one attached hydrogen (secondary N) is 1. The monoisotopic (exact) mass is 234 g/mol. The van der Waals surface area contributed by atoms with E-state index < -0.39 is 0 Å². The summed E-state index contributed by atoms with van der Waals surface area (Å²) in [5.41, 5.74) is 5.78. The van der Waals surface area contributed by atoms with Crippen molar-refractivity contribution in [3.63, 3.8) is 0 Å². The van der Waals surface area contributed by atoms with Crippen molar-refractivity contribution in [1.82, 2.24) is 9.97 Å². The van der Waals surface area contributed by atoms with Crippen molar-refractivity contribution in [1.29, 1.82) is 0 Å². The Hall–Kier alpha value is -1.32. The molecule has 1 aliphatic carbocycles. The molecule has 0 saturated heterocycles. The molecule has 1 aliphatic rings. The first-order valence-electron chi connectivity index (χ1n) is 6.59. The summed E-state index contributed by atoms with van der Waals surface area (Å²) in [6.45, 7) is 4.35. The van der Waals surface area contributed by atoms with Crippen LogP contribution in [0.5, 0.6) is 0 Å². The van der Waals surface area contributed by atoms with Crippen LogP contribution in [0, 0.1) is 5.92 Å². The first-order valence-corrected chi connectivity index (χ1v) is 6.59. The van der Waals surface area contributed by atoms with Crippen LogP contribution in [0.1, 0.15) is 45.4 Å². The van der Waals surface area contributed by atoms with Crippen molar-refractivity contribution in [2.24, 2.45) is 5.92 Å². The minimum absolute atomic E-state index is 0.530. The van der Waals surface area contributed by atoms with Gasteiger partial charge in [0.25, 0.3) is 0 Å². The Balaban J connectivity index is 2.09. The average molecular weight is 234 g/mol. The molecular weight excluding hydrogens is 212 g/mol. The topological polar surface area (TPSA) is 63.8 Å². The molecule has 1 saturated carbocycles. The Labute approximate surface area is 103 Å². The van der Waals surface area contributed by atoms with Gasteiger partial charge in [0.15, 0.2) is 0 Å². The summed E-state index contributed by atoms with van der Waals surface area (Å²) in [6.07, 6.45) is 6.01. The van der Waals surface area contributed by atoms with Gasteiger partial charge in [-0.05, 0) is 18.8 Å². The molecule has 0 aliphatic heterocycles. The molecule has 0 amide bonds. The normalized spacial score (nSPS) is 24.6. The Morgan fingerprint density at radius 2 is 2.12 bits per heavy atom. The highest BCUT2D eigenvalue weighted by Gasteiger charge is 2.21. The van der Waals surface area contributed by atoms with Crippen molar-refractivity contribution in [3.05, 3.63) is 11.9 Å². The molecule has 94 valence electrons. The molecule has 0 aromatic carbocycles. The maximum absolute atomic E-state index is 5.78. The van der Waals surface area contributed by atoms with Gasteiger partial charge in [-0.2, -0.15) is 0 Å². The summed E-state index contributed by atoms with van der Waals surface area (Å²) in [5, 5.41) is 3.52. The summed E-state index contributed by atoms with van der Waals surface area (Å²) >= 11 is 0. The maximum atomic E-state index is 5.78. The molecule has 2 unspecified atom stereocenters. The second kappa shape index (κ2) is 5.34. The minimum Gasteiger partial charge on any atom is -0.384 e. The molecule has 1 heterocycles. The van der Waals surface area contributed by atoms with E-state index in [1.54, 1.807) is 0 Å². The minimum atomic E-state index is 0.530. The van der Waals surface area contributed by atoms with Crippen LogP contribution in [0.4, 0.5) is 11.6 Å². The number of hydrogen-bond donors (Lipinski definition) is 2. The quantitative estimate of drug-likeness (QED) is 0.843. The van der Waals surface area contributed by atoms with E-state index in [1.165, 1.54) is 25.7 Å². The molecule has 3 N–H and O–H groups in total. The van der Waals surface area contributed by atoms with Crippen LogP contribution in [-0.2, 0) is 6.42 Å². The first-order chi connectivity index (χ1) is 8.19. The van der Waals surface area contributed by atoms with E-state index in [4.69, 9.17) is 5.73 Å². The van der Waals surface area contributed by atoms with E-state index in [9.17, 15) is 0 Å². The third-order valence-electron chi connectivity index (χ3n) is 3.55. The smallest absolute Gasteiger partial charge is 0.132 e. The van der Waals surface area contributed by atoms with Gasteiger partial charge < -0.3 is 11.1 Å². The second-order valence-corrected chi connectivity index (χ2v) is 4.96. The van der Waals surface area contributed by atoms with Gasteiger partial charge in [0.05, 0.1) is 0 Å². The number of rotatable bonds is 3. The molecule has 1 aromatic rings. The first kappa shape index (κ1) is 12.1. The Bertz CT molecular complexity index is 378. The van der Waals surface area contributed by atoms with E-state index in [0.29, 0.717) is 17.8 Å². The van der Waals surface area contributed by atoms with Crippen molar-refractivity contribution in [2.45, 2.75) is 52.0 Å². The van der Waals surface area contributed by atoms with Crippen LogP contribution in [0.2, 0.25) is 0 Å². The van der Waals surface area contributed by atoms with E-state index in [0.717, 1.165) is 18.1 Å². The number of nitrogens with zero attached hydrogens (tertiary/aromatic N) is 2. The van der Waals surface area contributed by atoms with Crippen LogP contribution in [-0.4, -0.2) is 16.0 Å². The fourth-order valence-corrected chi connectivity index (χ4v) is 2.47. The molecule has 4 nitrogen and oxygen atoms in total. The van der Waals surface area contributed by atoms with Crippen LogP contribution >= 0.6 is 0 Å². The van der Waals surface area contributed by atoms with Gasteiger partial charge >= 0.3 is 0 Å². The van der Waals surface area contributed by atoms with Gasteiger partial charge in [-0.1, -0.05) is 26.7 Å². The zero-order chi connectivity index (χ0) is 12.3. The molecule has 2 rings (SSSR count). The summed E-state index contributed by atoms with van der Waals surface area (Å²) in [4.78, 5) is 8.67. The lowest BCUT2D eigenvalue weighted by atomic mass is 9.86. The molecule has 17 heavy (non-hydrogen) atoms. The lowest BCUT2D eigenvalue weighted by Crippen LogP contribution is -2.30. The van der Waals surface area contributed by atoms with Gasteiger partial charge in [-0.25, -0.2) is 9.97 Å². The van der Waals surface area contributed by atoms with E-state index in [2.05, 4.69) is 22.2 Å². The molecule has 0 bridgehead atoms. The summed E-state index contributed by atoms with van der Waals surface area (Å²) < 4.78 is 0. The molecule has 2 atom stereocenters. The standard InChI is InChI=1S/C13H22N4/c1-3-12-16-11(14)8-13(17-12)15-10-7-5-4-6-9(10)2/h8-10H,3-7H2,1-2H3,(H3,14,15,16,17). The lowest BCUT2D eigenvalue weighted by molar-refractivity contribution is 0.349. The fourth-order valence-electron chi connectivity index (χ4n) is 2.47. The Kier molecular flexibility index (Phi) is 3.82. The molecule has 0 spiro atoms. The second-order valence-electron chi connectivity index (χ2n) is 4.96. The third-order valence-corrected chi connectivity index (χ3v) is 3.55. The van der Waals surface area contributed by atoms with Crippen molar-refractivity contribution >= 4 is 11.6 Å². The predicted octanol–water partition coefficient (Wildman–Crippen LogP) is 2.61. The molecule has 4 heteroatoms. The number of aromatic nitrogens is 2. The number of nitrogen functional groups attached to an aromatic ring is 1. The lowest BCUT2D eigenvalue weighted by Gasteiger charge is -2.30.